The molecule has 4 heteroatoms. The molecule has 0 spiro atoms. The third-order valence-corrected chi connectivity index (χ3v) is 2.64. The lowest BCUT2D eigenvalue weighted by Gasteiger charge is -2.39. The molecule has 80 valence electrons. The Bertz CT molecular complexity index is 255. The van der Waals surface area contributed by atoms with Crippen molar-refractivity contribution in [2.75, 3.05) is 13.1 Å². The second-order valence-electron chi connectivity index (χ2n) is 4.85. The van der Waals surface area contributed by atoms with E-state index in [4.69, 9.17) is 5.73 Å². The van der Waals surface area contributed by atoms with Gasteiger partial charge in [-0.2, -0.15) is 0 Å². The molecule has 1 aliphatic heterocycles. The summed E-state index contributed by atoms with van der Waals surface area (Å²) in [6.07, 6.45) is 0.784. The van der Waals surface area contributed by atoms with E-state index in [1.807, 2.05) is 25.7 Å². The highest BCUT2D eigenvalue weighted by molar-refractivity contribution is 5.87. The van der Waals surface area contributed by atoms with Crippen LogP contribution in [0.3, 0.4) is 0 Å². The third kappa shape index (κ3) is 2.32. The van der Waals surface area contributed by atoms with Crippen LogP contribution in [-0.4, -0.2) is 35.7 Å². The molecule has 0 aromatic rings. The Morgan fingerprint density at radius 3 is 2.29 bits per heavy atom. The minimum Gasteiger partial charge on any atom is -0.368 e. The Kier molecular flexibility index (Phi) is 2.95. The number of likely N-dealkylation sites (tertiary alicyclic amines) is 1. The predicted octanol–water partition coefficient (Wildman–Crippen LogP) is 0.161. The maximum absolute atomic E-state index is 11.6. The molecule has 1 saturated heterocycles. The Morgan fingerprint density at radius 1 is 1.43 bits per heavy atom. The van der Waals surface area contributed by atoms with Crippen LogP contribution in [0.25, 0.3) is 0 Å². The van der Waals surface area contributed by atoms with Crippen LogP contribution in [0.15, 0.2) is 0 Å². The van der Waals surface area contributed by atoms with Gasteiger partial charge in [-0.05, 0) is 6.42 Å². The lowest BCUT2D eigenvalue weighted by molar-refractivity contribution is -0.134. The first-order valence-corrected chi connectivity index (χ1v) is 4.89. The first kappa shape index (κ1) is 11.2. The fraction of sp³-hybridized carbons (Fsp3) is 0.800. The van der Waals surface area contributed by atoms with Crippen LogP contribution in [0.4, 0.5) is 0 Å². The number of amides is 1. The first-order valence-electron chi connectivity index (χ1n) is 4.89. The number of carbonyl (C=O) groups is 2. The molecule has 0 saturated carbocycles. The van der Waals surface area contributed by atoms with Gasteiger partial charge in [-0.25, -0.2) is 0 Å². The van der Waals surface area contributed by atoms with Crippen molar-refractivity contribution in [2.45, 2.75) is 33.2 Å². The van der Waals surface area contributed by atoms with E-state index in [9.17, 15) is 9.59 Å². The molecule has 0 aliphatic carbocycles. The van der Waals surface area contributed by atoms with Gasteiger partial charge in [0.05, 0.1) is 12.6 Å². The highest BCUT2D eigenvalue weighted by atomic mass is 16.2. The SMILES string of the molecule is CC(C)(C)C(=O)CN1CCC1C(N)=O. The van der Waals surface area contributed by atoms with Crippen molar-refractivity contribution < 1.29 is 9.59 Å². The van der Waals surface area contributed by atoms with Crippen molar-refractivity contribution in [2.24, 2.45) is 11.1 Å². The number of Topliss-reactive ketones (excluding diaryl/α,β-unsaturated/α-hetero) is 1. The van der Waals surface area contributed by atoms with E-state index in [0.29, 0.717) is 6.54 Å². The second kappa shape index (κ2) is 3.69. The number of ketones is 1. The molecular formula is C10H18N2O2. The van der Waals surface area contributed by atoms with Gasteiger partial charge in [0.15, 0.2) is 5.78 Å². The average molecular weight is 198 g/mol. The number of nitrogens with two attached hydrogens (primary N) is 1. The Labute approximate surface area is 84.4 Å². The van der Waals surface area contributed by atoms with Crippen LogP contribution in [0, 0.1) is 5.41 Å². The standard InChI is InChI=1S/C10H18N2O2/c1-10(2,3)8(13)6-12-5-4-7(12)9(11)14/h7H,4-6H2,1-3H3,(H2,11,14). The molecule has 1 aliphatic rings. The van der Waals surface area contributed by atoms with Crippen molar-refractivity contribution >= 4 is 11.7 Å². The molecule has 1 rings (SSSR count). The minimum absolute atomic E-state index is 0.156. The number of hydrogen-bond donors (Lipinski definition) is 1. The van der Waals surface area contributed by atoms with E-state index in [0.717, 1.165) is 13.0 Å². The molecule has 1 atom stereocenters. The molecule has 1 unspecified atom stereocenters. The summed E-state index contributed by atoms with van der Waals surface area (Å²) in [6, 6.07) is -0.221. The molecule has 1 fully saturated rings. The van der Waals surface area contributed by atoms with Crippen LogP contribution in [0.2, 0.25) is 0 Å². The number of rotatable bonds is 3. The lowest BCUT2D eigenvalue weighted by atomic mass is 9.89. The first-order chi connectivity index (χ1) is 6.32. The quantitative estimate of drug-likeness (QED) is 0.702. The summed E-state index contributed by atoms with van der Waals surface area (Å²) in [5.74, 6) is -0.165. The molecular weight excluding hydrogens is 180 g/mol. The highest BCUT2D eigenvalue weighted by Crippen LogP contribution is 2.21. The molecule has 4 nitrogen and oxygen atoms in total. The number of primary amides is 1. The van der Waals surface area contributed by atoms with E-state index >= 15 is 0 Å². The molecule has 0 bridgehead atoms. The van der Waals surface area contributed by atoms with Gasteiger partial charge >= 0.3 is 0 Å². The zero-order chi connectivity index (χ0) is 10.9. The van der Waals surface area contributed by atoms with Gasteiger partial charge in [0, 0.05) is 12.0 Å². The lowest BCUT2D eigenvalue weighted by Crippen LogP contribution is -2.57. The molecule has 0 aromatic heterocycles. The Hall–Kier alpha value is -0.900. The van der Waals surface area contributed by atoms with Crippen LogP contribution in [0.1, 0.15) is 27.2 Å². The maximum Gasteiger partial charge on any atom is 0.234 e. The van der Waals surface area contributed by atoms with Crippen molar-refractivity contribution in [1.82, 2.24) is 4.90 Å². The molecule has 1 amide bonds. The highest BCUT2D eigenvalue weighted by Gasteiger charge is 2.35. The van der Waals surface area contributed by atoms with Crippen LogP contribution >= 0.6 is 0 Å². The van der Waals surface area contributed by atoms with Gasteiger partial charge in [0.1, 0.15) is 0 Å². The minimum atomic E-state index is -0.336. The molecule has 1 heterocycles. The van der Waals surface area contributed by atoms with Gasteiger partial charge in [0.2, 0.25) is 5.91 Å². The van der Waals surface area contributed by atoms with Crippen molar-refractivity contribution in [1.29, 1.82) is 0 Å². The zero-order valence-electron chi connectivity index (χ0n) is 9.04. The van der Waals surface area contributed by atoms with Crippen LogP contribution < -0.4 is 5.73 Å². The number of hydrogen-bond acceptors (Lipinski definition) is 3. The van der Waals surface area contributed by atoms with E-state index < -0.39 is 0 Å². The summed E-state index contributed by atoms with van der Waals surface area (Å²) in [6.45, 7) is 6.80. The smallest absolute Gasteiger partial charge is 0.234 e. The number of carbonyl (C=O) groups excluding carboxylic acids is 2. The topological polar surface area (TPSA) is 63.4 Å². The number of nitrogens with zero attached hydrogens (tertiary/aromatic N) is 1. The zero-order valence-corrected chi connectivity index (χ0v) is 9.04. The maximum atomic E-state index is 11.6. The van der Waals surface area contributed by atoms with Crippen molar-refractivity contribution in [3.63, 3.8) is 0 Å². The summed E-state index contributed by atoms with van der Waals surface area (Å²) in [7, 11) is 0. The van der Waals surface area contributed by atoms with Crippen molar-refractivity contribution in [3.05, 3.63) is 0 Å². The van der Waals surface area contributed by atoms with E-state index in [2.05, 4.69) is 0 Å². The fourth-order valence-corrected chi connectivity index (χ4v) is 1.37. The predicted molar refractivity (Wildman–Crippen MR) is 53.6 cm³/mol. The van der Waals surface area contributed by atoms with Gasteiger partial charge in [0.25, 0.3) is 0 Å². The average Bonchev–Trinajstić information content (AvgIpc) is 1.94. The summed E-state index contributed by atoms with van der Waals surface area (Å²) >= 11 is 0. The molecule has 14 heavy (non-hydrogen) atoms. The second-order valence-corrected chi connectivity index (χ2v) is 4.85. The monoisotopic (exact) mass is 198 g/mol. The Morgan fingerprint density at radius 2 is 2.00 bits per heavy atom. The summed E-state index contributed by atoms with van der Waals surface area (Å²) in [5, 5.41) is 0. The molecule has 0 radical (unpaired) electrons. The molecule has 2 N–H and O–H groups in total. The Balaban J connectivity index is 2.47. The summed E-state index contributed by atoms with van der Waals surface area (Å²) in [4.78, 5) is 24.4. The summed E-state index contributed by atoms with van der Waals surface area (Å²) < 4.78 is 0. The van der Waals surface area contributed by atoms with E-state index in [1.165, 1.54) is 0 Å². The van der Waals surface area contributed by atoms with Gasteiger partial charge in [-0.1, -0.05) is 20.8 Å². The summed E-state index contributed by atoms with van der Waals surface area (Å²) in [5.41, 5.74) is 4.85. The third-order valence-electron chi connectivity index (χ3n) is 2.64. The normalized spacial score (nSPS) is 22.9. The van der Waals surface area contributed by atoms with Crippen LogP contribution in [-0.2, 0) is 9.59 Å². The van der Waals surface area contributed by atoms with E-state index in [1.54, 1.807) is 0 Å². The largest absolute Gasteiger partial charge is 0.368 e. The van der Waals surface area contributed by atoms with Gasteiger partial charge in [-0.15, -0.1) is 0 Å². The van der Waals surface area contributed by atoms with E-state index in [-0.39, 0.29) is 23.1 Å². The van der Waals surface area contributed by atoms with Gasteiger partial charge < -0.3 is 5.73 Å². The fourth-order valence-electron chi connectivity index (χ4n) is 1.37. The van der Waals surface area contributed by atoms with Crippen molar-refractivity contribution in [3.8, 4) is 0 Å². The van der Waals surface area contributed by atoms with Gasteiger partial charge in [-0.3, -0.25) is 14.5 Å². The molecule has 0 aromatic carbocycles. The van der Waals surface area contributed by atoms with Crippen LogP contribution in [0.5, 0.6) is 0 Å².